The summed E-state index contributed by atoms with van der Waals surface area (Å²) in [5.41, 5.74) is 1.00. The number of rotatable bonds is 9. The molecule has 0 bridgehead atoms. The predicted octanol–water partition coefficient (Wildman–Crippen LogP) is 3.96. The predicted molar refractivity (Wildman–Crippen MR) is 103 cm³/mol. The maximum Gasteiger partial charge on any atom is 0.258 e. The van der Waals surface area contributed by atoms with Gasteiger partial charge in [-0.1, -0.05) is 29.8 Å². The molecule has 0 aliphatic rings. The molecule has 0 radical (unpaired) electrons. The second-order valence-corrected chi connectivity index (χ2v) is 5.79. The van der Waals surface area contributed by atoms with Crippen molar-refractivity contribution in [1.29, 1.82) is 0 Å². The minimum atomic E-state index is -0.232. The van der Waals surface area contributed by atoms with E-state index in [1.165, 1.54) is 0 Å². The van der Waals surface area contributed by atoms with Crippen LogP contribution in [0.3, 0.4) is 0 Å². The third kappa shape index (κ3) is 6.33. The van der Waals surface area contributed by atoms with Gasteiger partial charge >= 0.3 is 0 Å². The molecule has 2 aromatic rings. The summed E-state index contributed by atoms with van der Waals surface area (Å²) in [4.78, 5) is 11.9. The van der Waals surface area contributed by atoms with E-state index >= 15 is 0 Å². The van der Waals surface area contributed by atoms with Crippen LogP contribution in [0.1, 0.15) is 12.5 Å². The number of methoxy groups -OCH3 is 1. The molecule has 2 rings (SSSR count). The van der Waals surface area contributed by atoms with Crippen molar-refractivity contribution in [3.8, 4) is 17.2 Å². The van der Waals surface area contributed by atoms with Gasteiger partial charge in [-0.3, -0.25) is 4.79 Å². The first-order chi connectivity index (χ1) is 12.6. The molecule has 0 aromatic heterocycles. The third-order valence-corrected chi connectivity index (χ3v) is 3.66. The molecule has 6 heteroatoms. The van der Waals surface area contributed by atoms with Crippen LogP contribution < -0.4 is 19.5 Å². The minimum Gasteiger partial charge on any atom is -0.493 e. The van der Waals surface area contributed by atoms with Crippen LogP contribution in [-0.2, 0) is 4.79 Å². The Morgan fingerprint density at radius 1 is 1.12 bits per heavy atom. The molecule has 0 saturated carbocycles. The van der Waals surface area contributed by atoms with Gasteiger partial charge in [-0.2, -0.15) is 0 Å². The van der Waals surface area contributed by atoms with E-state index < -0.39 is 0 Å². The van der Waals surface area contributed by atoms with Crippen LogP contribution in [0, 0.1) is 0 Å². The fourth-order valence-corrected chi connectivity index (χ4v) is 2.31. The Bertz CT molecular complexity index is 744. The van der Waals surface area contributed by atoms with E-state index in [1.807, 2.05) is 31.2 Å². The van der Waals surface area contributed by atoms with Gasteiger partial charge in [0.25, 0.3) is 5.91 Å². The summed E-state index contributed by atoms with van der Waals surface area (Å²) >= 11 is 5.81. The summed E-state index contributed by atoms with van der Waals surface area (Å²) in [6.45, 7) is 2.58. The first kappa shape index (κ1) is 19.7. The van der Waals surface area contributed by atoms with Crippen molar-refractivity contribution < 1.29 is 19.0 Å². The highest BCUT2D eigenvalue weighted by Crippen LogP contribution is 2.28. The summed E-state index contributed by atoms with van der Waals surface area (Å²) < 4.78 is 16.3. The molecule has 0 aliphatic heterocycles. The molecule has 5 nitrogen and oxygen atoms in total. The molecule has 0 atom stereocenters. The van der Waals surface area contributed by atoms with Crippen LogP contribution in [-0.4, -0.2) is 32.8 Å². The number of amides is 1. The number of hydrogen-bond acceptors (Lipinski definition) is 4. The number of carbonyl (C=O) groups is 1. The van der Waals surface area contributed by atoms with Crippen molar-refractivity contribution >= 4 is 23.6 Å². The van der Waals surface area contributed by atoms with Gasteiger partial charge in [0, 0.05) is 5.02 Å². The fraction of sp³-hybridized carbons (Fsp3) is 0.250. The maximum absolute atomic E-state index is 11.9. The van der Waals surface area contributed by atoms with E-state index in [0.717, 1.165) is 5.56 Å². The van der Waals surface area contributed by atoms with E-state index in [-0.39, 0.29) is 12.5 Å². The summed E-state index contributed by atoms with van der Waals surface area (Å²) in [6.07, 6.45) is 3.90. The average molecular weight is 376 g/mol. The van der Waals surface area contributed by atoms with Crippen LogP contribution >= 0.6 is 11.6 Å². The minimum absolute atomic E-state index is 0.0970. The van der Waals surface area contributed by atoms with Gasteiger partial charge in [0.1, 0.15) is 12.4 Å². The molecule has 0 saturated heterocycles. The van der Waals surface area contributed by atoms with Crippen LogP contribution in [0.15, 0.2) is 48.5 Å². The number of benzene rings is 2. The standard InChI is InChI=1S/C20H22ClNO4/c1-3-4-15-5-10-18(19(13-15)24-2)26-14-20(23)22-11-12-25-17-8-6-16(21)7-9-17/h3-10,13H,11-12,14H2,1-2H3,(H,22,23)/b4-3-. The van der Waals surface area contributed by atoms with E-state index in [9.17, 15) is 4.79 Å². The van der Waals surface area contributed by atoms with Crippen molar-refractivity contribution in [2.45, 2.75) is 6.92 Å². The zero-order chi connectivity index (χ0) is 18.8. The Balaban J connectivity index is 1.73. The molecule has 0 unspecified atom stereocenters. The third-order valence-electron chi connectivity index (χ3n) is 3.41. The molecule has 0 spiro atoms. The van der Waals surface area contributed by atoms with Crippen molar-refractivity contribution in [2.24, 2.45) is 0 Å². The lowest BCUT2D eigenvalue weighted by Gasteiger charge is -2.12. The van der Waals surface area contributed by atoms with Gasteiger partial charge in [-0.25, -0.2) is 0 Å². The molecule has 0 fully saturated rings. The molecule has 0 heterocycles. The number of halogens is 1. The number of nitrogens with one attached hydrogen (secondary N) is 1. The first-order valence-electron chi connectivity index (χ1n) is 8.21. The Labute approximate surface area is 158 Å². The quantitative estimate of drug-likeness (QED) is 0.674. The van der Waals surface area contributed by atoms with Crippen LogP contribution in [0.2, 0.25) is 5.02 Å². The monoisotopic (exact) mass is 375 g/mol. The highest BCUT2D eigenvalue weighted by Gasteiger charge is 2.08. The molecule has 1 N–H and O–H groups in total. The van der Waals surface area contributed by atoms with Crippen molar-refractivity contribution in [3.05, 3.63) is 59.1 Å². The number of carbonyl (C=O) groups excluding carboxylic acids is 1. The van der Waals surface area contributed by atoms with E-state index in [0.29, 0.717) is 35.4 Å². The fourth-order valence-electron chi connectivity index (χ4n) is 2.18. The normalized spacial score (nSPS) is 10.6. The highest BCUT2D eigenvalue weighted by atomic mass is 35.5. The van der Waals surface area contributed by atoms with Crippen molar-refractivity contribution in [3.63, 3.8) is 0 Å². The molecule has 2 aromatic carbocycles. The van der Waals surface area contributed by atoms with Crippen LogP contribution in [0.5, 0.6) is 17.2 Å². The van der Waals surface area contributed by atoms with Crippen molar-refractivity contribution in [2.75, 3.05) is 26.9 Å². The van der Waals surface area contributed by atoms with Gasteiger partial charge < -0.3 is 19.5 Å². The summed E-state index contributed by atoms with van der Waals surface area (Å²) in [7, 11) is 1.57. The van der Waals surface area contributed by atoms with Gasteiger partial charge in [0.15, 0.2) is 18.1 Å². The lowest BCUT2D eigenvalue weighted by molar-refractivity contribution is -0.123. The average Bonchev–Trinajstić information content (AvgIpc) is 2.65. The number of ether oxygens (including phenoxy) is 3. The molecular weight excluding hydrogens is 354 g/mol. The molecular formula is C20H22ClNO4. The zero-order valence-corrected chi connectivity index (χ0v) is 15.6. The smallest absolute Gasteiger partial charge is 0.258 e. The number of allylic oxidation sites excluding steroid dienone is 1. The Kier molecular flexibility index (Phi) is 7.83. The zero-order valence-electron chi connectivity index (χ0n) is 14.8. The SMILES string of the molecule is C/C=C\c1ccc(OCC(=O)NCCOc2ccc(Cl)cc2)c(OC)c1. The van der Waals surface area contributed by atoms with Gasteiger partial charge in [0.05, 0.1) is 13.7 Å². The highest BCUT2D eigenvalue weighted by molar-refractivity contribution is 6.30. The van der Waals surface area contributed by atoms with Gasteiger partial charge in [-0.05, 0) is 48.9 Å². The van der Waals surface area contributed by atoms with Gasteiger partial charge in [0.2, 0.25) is 0 Å². The van der Waals surface area contributed by atoms with Gasteiger partial charge in [-0.15, -0.1) is 0 Å². The van der Waals surface area contributed by atoms with Crippen LogP contribution in [0.4, 0.5) is 0 Å². The number of hydrogen-bond donors (Lipinski definition) is 1. The molecule has 1 amide bonds. The second kappa shape index (κ2) is 10.4. The Morgan fingerprint density at radius 3 is 2.58 bits per heavy atom. The second-order valence-electron chi connectivity index (χ2n) is 5.35. The molecule has 0 aliphatic carbocycles. The van der Waals surface area contributed by atoms with Crippen molar-refractivity contribution in [1.82, 2.24) is 5.32 Å². The van der Waals surface area contributed by atoms with Crippen LogP contribution in [0.25, 0.3) is 6.08 Å². The lowest BCUT2D eigenvalue weighted by Crippen LogP contribution is -2.32. The summed E-state index contributed by atoms with van der Waals surface area (Å²) in [6, 6.07) is 12.6. The Hall–Kier alpha value is -2.66. The largest absolute Gasteiger partial charge is 0.493 e. The lowest BCUT2D eigenvalue weighted by atomic mass is 10.2. The molecule has 138 valence electrons. The van der Waals surface area contributed by atoms with E-state index in [4.69, 9.17) is 25.8 Å². The Morgan fingerprint density at radius 2 is 1.88 bits per heavy atom. The van der Waals surface area contributed by atoms with E-state index in [2.05, 4.69) is 5.32 Å². The maximum atomic E-state index is 11.9. The summed E-state index contributed by atoms with van der Waals surface area (Å²) in [5.74, 6) is 1.57. The first-order valence-corrected chi connectivity index (χ1v) is 8.58. The molecule has 26 heavy (non-hydrogen) atoms. The topological polar surface area (TPSA) is 56.8 Å². The summed E-state index contributed by atoms with van der Waals surface area (Å²) in [5, 5.41) is 3.39. The van der Waals surface area contributed by atoms with E-state index in [1.54, 1.807) is 37.4 Å².